The number of aliphatic hydroxyl groups excluding tert-OH is 1. The first kappa shape index (κ1) is 25.6. The predicted octanol–water partition coefficient (Wildman–Crippen LogP) is 1.91. The molecular weight excluding hydrogens is 444 g/mol. The van der Waals surface area contributed by atoms with Crippen molar-refractivity contribution < 1.29 is 14.6 Å². The van der Waals surface area contributed by atoms with E-state index in [1.54, 1.807) is 0 Å². The summed E-state index contributed by atoms with van der Waals surface area (Å²) in [6.45, 7) is 7.29. The van der Waals surface area contributed by atoms with Crippen molar-refractivity contribution in [3.05, 3.63) is 30.3 Å². The minimum atomic E-state index is -0.567. The molecule has 0 aliphatic carbocycles. The van der Waals surface area contributed by atoms with Crippen molar-refractivity contribution in [3.63, 3.8) is 0 Å². The Morgan fingerprint density at radius 1 is 1.29 bits per heavy atom. The zero-order chi connectivity index (χ0) is 24.6. The van der Waals surface area contributed by atoms with Gasteiger partial charge in [0.15, 0.2) is 5.82 Å². The van der Waals surface area contributed by atoms with Crippen LogP contribution in [0.15, 0.2) is 30.3 Å². The summed E-state index contributed by atoms with van der Waals surface area (Å²) in [6, 6.07) is 10.8. The highest BCUT2D eigenvalue weighted by molar-refractivity contribution is 5.64. The van der Waals surface area contributed by atoms with Crippen molar-refractivity contribution in [2.75, 3.05) is 69.9 Å². The zero-order valence-corrected chi connectivity index (χ0v) is 21.2. The van der Waals surface area contributed by atoms with E-state index in [1.165, 1.54) is 0 Å². The maximum Gasteiger partial charge on any atom is 0.163 e. The zero-order valence-electron chi connectivity index (χ0n) is 21.2. The SMILES string of the molecule is CC[C@H]1CN(c2cc(N(C)C3CCOCC3)nc(-c3cccc(OCC(O)CNC)c3)n2)CCN1. The number of hydrogen-bond acceptors (Lipinski definition) is 9. The molecule has 9 heteroatoms. The first-order valence-electron chi connectivity index (χ1n) is 12.8. The van der Waals surface area contributed by atoms with Gasteiger partial charge < -0.3 is 35.0 Å². The van der Waals surface area contributed by atoms with Gasteiger partial charge in [-0.15, -0.1) is 0 Å². The van der Waals surface area contributed by atoms with Gasteiger partial charge in [-0.05, 0) is 38.4 Å². The van der Waals surface area contributed by atoms with Crippen LogP contribution in [0.3, 0.4) is 0 Å². The summed E-state index contributed by atoms with van der Waals surface area (Å²) in [5.41, 5.74) is 0.899. The van der Waals surface area contributed by atoms with Crippen LogP contribution in [-0.2, 0) is 4.74 Å². The molecule has 2 saturated heterocycles. The average Bonchev–Trinajstić information content (AvgIpc) is 2.92. The van der Waals surface area contributed by atoms with Crippen LogP contribution < -0.4 is 25.2 Å². The summed E-state index contributed by atoms with van der Waals surface area (Å²) in [5.74, 6) is 3.27. The molecule has 2 aliphatic heterocycles. The van der Waals surface area contributed by atoms with E-state index in [4.69, 9.17) is 19.4 Å². The van der Waals surface area contributed by atoms with Gasteiger partial charge in [0.25, 0.3) is 0 Å². The largest absolute Gasteiger partial charge is 0.491 e. The fourth-order valence-corrected chi connectivity index (χ4v) is 4.67. The molecule has 3 heterocycles. The molecule has 0 bridgehead atoms. The lowest BCUT2D eigenvalue weighted by atomic mass is 10.1. The van der Waals surface area contributed by atoms with Gasteiger partial charge in [0, 0.05) is 70.2 Å². The van der Waals surface area contributed by atoms with E-state index in [1.807, 2.05) is 31.3 Å². The number of benzene rings is 1. The molecule has 2 aliphatic rings. The Balaban J connectivity index is 1.63. The Labute approximate surface area is 208 Å². The second-order valence-electron chi connectivity index (χ2n) is 9.42. The average molecular weight is 485 g/mol. The van der Waals surface area contributed by atoms with E-state index in [0.29, 0.717) is 30.2 Å². The second kappa shape index (κ2) is 12.5. The smallest absolute Gasteiger partial charge is 0.163 e. The number of rotatable bonds is 10. The molecule has 3 N–H and O–H groups in total. The number of hydrogen-bond donors (Lipinski definition) is 3. The fourth-order valence-electron chi connectivity index (χ4n) is 4.67. The van der Waals surface area contributed by atoms with Gasteiger partial charge in [-0.25, -0.2) is 9.97 Å². The van der Waals surface area contributed by atoms with Crippen molar-refractivity contribution in [1.29, 1.82) is 0 Å². The molecule has 35 heavy (non-hydrogen) atoms. The number of aliphatic hydroxyl groups is 1. The Morgan fingerprint density at radius 3 is 2.89 bits per heavy atom. The van der Waals surface area contributed by atoms with Gasteiger partial charge in [0.1, 0.15) is 30.1 Å². The van der Waals surface area contributed by atoms with Crippen LogP contribution in [0.5, 0.6) is 5.75 Å². The topological polar surface area (TPSA) is 95.0 Å². The second-order valence-corrected chi connectivity index (χ2v) is 9.42. The van der Waals surface area contributed by atoms with Crippen LogP contribution in [0, 0.1) is 0 Å². The Morgan fingerprint density at radius 2 is 2.11 bits per heavy atom. The van der Waals surface area contributed by atoms with Crippen molar-refractivity contribution >= 4 is 11.6 Å². The minimum Gasteiger partial charge on any atom is -0.491 e. The van der Waals surface area contributed by atoms with Crippen LogP contribution >= 0.6 is 0 Å². The van der Waals surface area contributed by atoms with E-state index in [2.05, 4.69) is 40.5 Å². The highest BCUT2D eigenvalue weighted by atomic mass is 16.5. The third-order valence-corrected chi connectivity index (χ3v) is 6.85. The molecule has 2 fully saturated rings. The molecule has 4 rings (SSSR count). The molecule has 1 unspecified atom stereocenters. The highest BCUT2D eigenvalue weighted by Gasteiger charge is 2.24. The van der Waals surface area contributed by atoms with E-state index in [-0.39, 0.29) is 6.61 Å². The monoisotopic (exact) mass is 484 g/mol. The van der Waals surface area contributed by atoms with Crippen LogP contribution in [0.1, 0.15) is 26.2 Å². The summed E-state index contributed by atoms with van der Waals surface area (Å²) < 4.78 is 11.4. The number of nitrogens with one attached hydrogen (secondary N) is 2. The molecule has 9 nitrogen and oxygen atoms in total. The fraction of sp³-hybridized carbons (Fsp3) is 0.615. The number of likely N-dealkylation sites (N-methyl/N-ethyl adjacent to an activating group) is 1. The van der Waals surface area contributed by atoms with Crippen molar-refractivity contribution in [2.45, 2.75) is 44.4 Å². The molecule has 2 aromatic rings. The molecule has 192 valence electrons. The lowest BCUT2D eigenvalue weighted by Gasteiger charge is -2.36. The molecule has 0 saturated carbocycles. The third kappa shape index (κ3) is 6.82. The van der Waals surface area contributed by atoms with Crippen LogP contribution in [-0.4, -0.2) is 93.4 Å². The van der Waals surface area contributed by atoms with Crippen LogP contribution in [0.4, 0.5) is 11.6 Å². The number of anilines is 2. The van der Waals surface area contributed by atoms with Crippen LogP contribution in [0.2, 0.25) is 0 Å². The molecular formula is C26H40N6O3. The van der Waals surface area contributed by atoms with Gasteiger partial charge in [-0.3, -0.25) is 0 Å². The van der Waals surface area contributed by atoms with Gasteiger partial charge in [0.05, 0.1) is 0 Å². The number of piperazine rings is 1. The normalized spacial score (nSPS) is 20.0. The van der Waals surface area contributed by atoms with E-state index in [0.717, 1.165) is 69.3 Å². The predicted molar refractivity (Wildman–Crippen MR) is 139 cm³/mol. The van der Waals surface area contributed by atoms with Gasteiger partial charge in [0.2, 0.25) is 0 Å². The lowest BCUT2D eigenvalue weighted by Crippen LogP contribution is -2.50. The minimum absolute atomic E-state index is 0.224. The van der Waals surface area contributed by atoms with Gasteiger partial charge in [-0.1, -0.05) is 19.1 Å². The Hall–Kier alpha value is -2.46. The first-order valence-corrected chi connectivity index (χ1v) is 12.8. The van der Waals surface area contributed by atoms with Crippen molar-refractivity contribution in [2.24, 2.45) is 0 Å². The summed E-state index contributed by atoms with van der Waals surface area (Å²) in [4.78, 5) is 14.7. The molecule has 0 radical (unpaired) electrons. The number of nitrogens with zero attached hydrogens (tertiary/aromatic N) is 4. The summed E-state index contributed by atoms with van der Waals surface area (Å²) in [6.07, 6.45) is 2.51. The van der Waals surface area contributed by atoms with E-state index >= 15 is 0 Å². The standard InChI is InChI=1S/C26H40N6O3/c1-4-20-17-32(11-10-28-20)25-15-24(31(3)21-8-12-34-13-9-21)29-26(30-25)19-6-5-7-23(14-19)35-18-22(33)16-27-2/h5-7,14-15,20-22,27-28,33H,4,8-13,16-18H2,1-3H3/t20-,22?/m0/s1. The van der Waals surface area contributed by atoms with Crippen LogP contribution in [0.25, 0.3) is 11.4 Å². The molecule has 1 aromatic carbocycles. The lowest BCUT2D eigenvalue weighted by molar-refractivity contribution is 0.0853. The van der Waals surface area contributed by atoms with Crippen molar-refractivity contribution in [3.8, 4) is 17.1 Å². The number of aromatic nitrogens is 2. The Kier molecular flexibility index (Phi) is 9.14. The molecule has 0 amide bonds. The quantitative estimate of drug-likeness (QED) is 0.467. The van der Waals surface area contributed by atoms with E-state index in [9.17, 15) is 5.11 Å². The van der Waals surface area contributed by atoms with Gasteiger partial charge >= 0.3 is 0 Å². The molecule has 2 atom stereocenters. The number of ether oxygens (including phenoxy) is 2. The third-order valence-electron chi connectivity index (χ3n) is 6.85. The molecule has 0 spiro atoms. The summed E-state index contributed by atoms with van der Waals surface area (Å²) in [5, 5.41) is 16.6. The van der Waals surface area contributed by atoms with Crippen molar-refractivity contribution in [1.82, 2.24) is 20.6 Å². The summed E-state index contributed by atoms with van der Waals surface area (Å²) in [7, 11) is 3.94. The summed E-state index contributed by atoms with van der Waals surface area (Å²) >= 11 is 0. The molecule has 1 aromatic heterocycles. The maximum atomic E-state index is 10.0. The maximum absolute atomic E-state index is 10.0. The Bertz CT molecular complexity index is 919. The van der Waals surface area contributed by atoms with Gasteiger partial charge in [-0.2, -0.15) is 0 Å². The highest BCUT2D eigenvalue weighted by Crippen LogP contribution is 2.29. The first-order chi connectivity index (χ1) is 17.1. The van der Waals surface area contributed by atoms with E-state index < -0.39 is 6.10 Å².